The molecule has 0 unspecified atom stereocenters. The second-order valence-corrected chi connectivity index (χ2v) is 5.87. The maximum atomic E-state index is 12.4. The molecule has 1 amide bonds. The van der Waals surface area contributed by atoms with Crippen LogP contribution in [-0.4, -0.2) is 23.1 Å². The fourth-order valence-corrected chi connectivity index (χ4v) is 2.78. The van der Waals surface area contributed by atoms with E-state index in [-0.39, 0.29) is 18.2 Å². The second kappa shape index (κ2) is 5.70. The van der Waals surface area contributed by atoms with Crippen LogP contribution in [0.2, 0.25) is 0 Å². The molecular weight excluding hydrogens is 250 g/mol. The fourth-order valence-electron chi connectivity index (χ4n) is 2.78. The van der Waals surface area contributed by atoms with E-state index in [0.717, 1.165) is 5.56 Å². The summed E-state index contributed by atoms with van der Waals surface area (Å²) >= 11 is 0. The van der Waals surface area contributed by atoms with Gasteiger partial charge in [0.15, 0.2) is 0 Å². The highest BCUT2D eigenvalue weighted by Crippen LogP contribution is 2.36. The Hall–Kier alpha value is -1.77. The van der Waals surface area contributed by atoms with E-state index in [2.05, 4.69) is 13.0 Å². The molecule has 0 fully saturated rings. The maximum absolute atomic E-state index is 12.4. The van der Waals surface area contributed by atoms with E-state index in [1.54, 1.807) is 4.90 Å². The van der Waals surface area contributed by atoms with Crippen molar-refractivity contribution >= 4 is 11.9 Å². The Balaban J connectivity index is 2.19. The van der Waals surface area contributed by atoms with Gasteiger partial charge in [0.05, 0.1) is 0 Å². The van der Waals surface area contributed by atoms with Crippen LogP contribution in [-0.2, 0) is 4.74 Å². The average molecular weight is 273 g/mol. The smallest absolute Gasteiger partial charge is 0.410 e. The summed E-state index contributed by atoms with van der Waals surface area (Å²) in [4.78, 5) is 14.1. The first-order valence-electron chi connectivity index (χ1n) is 7.23. The van der Waals surface area contributed by atoms with Crippen molar-refractivity contribution in [3.63, 3.8) is 0 Å². The molecule has 1 atom stereocenters. The third kappa shape index (κ3) is 2.72. The van der Waals surface area contributed by atoms with Crippen LogP contribution in [0.3, 0.4) is 0 Å². The molecule has 0 radical (unpaired) electrons. The Morgan fingerprint density at radius 3 is 2.35 bits per heavy atom. The summed E-state index contributed by atoms with van der Waals surface area (Å²) in [7, 11) is 0. The zero-order valence-electron chi connectivity index (χ0n) is 12.9. The normalized spacial score (nSPS) is 17.1. The lowest BCUT2D eigenvalue weighted by molar-refractivity contribution is 0.115. The van der Waals surface area contributed by atoms with Gasteiger partial charge in [0.2, 0.25) is 0 Å². The van der Waals surface area contributed by atoms with Gasteiger partial charge in [-0.15, -0.1) is 0 Å². The second-order valence-electron chi connectivity index (χ2n) is 5.87. The fraction of sp³-hybridized carbons (Fsp3) is 0.471. The number of carbonyl (C=O) groups is 1. The highest BCUT2D eigenvalue weighted by atomic mass is 16.6. The molecule has 0 bridgehead atoms. The van der Waals surface area contributed by atoms with Crippen molar-refractivity contribution in [2.24, 2.45) is 0 Å². The van der Waals surface area contributed by atoms with Crippen molar-refractivity contribution in [1.82, 2.24) is 4.90 Å². The summed E-state index contributed by atoms with van der Waals surface area (Å²) in [6.07, 6.45) is 1.74. The zero-order chi connectivity index (χ0) is 14.9. The van der Waals surface area contributed by atoms with Gasteiger partial charge in [-0.05, 0) is 39.3 Å². The van der Waals surface area contributed by atoms with Crippen molar-refractivity contribution < 1.29 is 9.53 Å². The van der Waals surface area contributed by atoms with Gasteiger partial charge in [-0.1, -0.05) is 31.2 Å². The predicted molar refractivity (Wildman–Crippen MR) is 81.4 cm³/mol. The molecule has 2 rings (SSSR count). The number of ether oxygens (including phenoxy) is 1. The van der Waals surface area contributed by atoms with Crippen LogP contribution in [0.1, 0.15) is 51.7 Å². The highest BCUT2D eigenvalue weighted by Gasteiger charge is 2.27. The Labute approximate surface area is 121 Å². The minimum absolute atomic E-state index is 0.122. The van der Waals surface area contributed by atoms with E-state index >= 15 is 0 Å². The lowest BCUT2D eigenvalue weighted by atomic mass is 10.0. The topological polar surface area (TPSA) is 29.5 Å². The summed E-state index contributed by atoms with van der Waals surface area (Å²) in [5.74, 6) is 0.977. The first kappa shape index (κ1) is 14.6. The predicted octanol–water partition coefficient (Wildman–Crippen LogP) is 4.40. The van der Waals surface area contributed by atoms with Gasteiger partial charge in [-0.3, -0.25) is 0 Å². The third-order valence-electron chi connectivity index (χ3n) is 3.64. The highest BCUT2D eigenvalue weighted by molar-refractivity contribution is 5.80. The molecule has 0 spiro atoms. The molecule has 0 saturated heterocycles. The first-order chi connectivity index (χ1) is 9.41. The van der Waals surface area contributed by atoms with E-state index in [0.29, 0.717) is 11.7 Å². The molecule has 0 heterocycles. The van der Waals surface area contributed by atoms with Crippen LogP contribution in [0.5, 0.6) is 0 Å². The number of amides is 1. The van der Waals surface area contributed by atoms with Gasteiger partial charge in [-0.2, -0.15) is 0 Å². The van der Waals surface area contributed by atoms with Gasteiger partial charge < -0.3 is 9.64 Å². The summed E-state index contributed by atoms with van der Waals surface area (Å²) in [6, 6.07) is 8.32. The molecule has 3 nitrogen and oxygen atoms in total. The minimum atomic E-state index is -0.273. The third-order valence-corrected chi connectivity index (χ3v) is 3.64. The Morgan fingerprint density at radius 2 is 1.75 bits per heavy atom. The van der Waals surface area contributed by atoms with Crippen LogP contribution in [0, 0.1) is 0 Å². The number of nitrogens with zero attached hydrogens (tertiary/aromatic N) is 1. The van der Waals surface area contributed by atoms with Gasteiger partial charge in [-0.25, -0.2) is 4.79 Å². The number of rotatable bonds is 3. The molecule has 0 aromatic heterocycles. The first-order valence-corrected chi connectivity index (χ1v) is 7.23. The molecule has 1 aromatic rings. The molecule has 1 aliphatic carbocycles. The molecule has 0 aliphatic heterocycles. The van der Waals surface area contributed by atoms with Gasteiger partial charge in [0.1, 0.15) is 5.76 Å². The Kier molecular flexibility index (Phi) is 4.17. The van der Waals surface area contributed by atoms with E-state index in [1.807, 2.05) is 52.0 Å². The van der Waals surface area contributed by atoms with Crippen LogP contribution in [0.15, 0.2) is 30.3 Å². The Bertz CT molecular complexity index is 524. The largest absolute Gasteiger partial charge is 0.415 e. The lowest BCUT2D eigenvalue weighted by Crippen LogP contribution is -2.42. The van der Waals surface area contributed by atoms with Gasteiger partial charge >= 0.3 is 6.09 Å². The van der Waals surface area contributed by atoms with Crippen LogP contribution >= 0.6 is 0 Å². The summed E-state index contributed by atoms with van der Waals surface area (Å²) in [6.45, 7) is 10.1. The lowest BCUT2D eigenvalue weighted by Gasteiger charge is -2.29. The standard InChI is InChI=1S/C17H23NO2/c1-11(2)18(12(3)4)17(19)20-16-10-13(5)14-8-6-7-9-15(14)16/h6-13H,1-5H3/t13-/m1/s1. The molecule has 108 valence electrons. The number of fused-ring (bicyclic) bond motifs is 1. The Morgan fingerprint density at radius 1 is 1.15 bits per heavy atom. The molecule has 1 aliphatic rings. The van der Waals surface area contributed by atoms with Crippen molar-refractivity contribution in [2.75, 3.05) is 0 Å². The van der Waals surface area contributed by atoms with E-state index in [9.17, 15) is 4.79 Å². The molecule has 0 N–H and O–H groups in total. The van der Waals surface area contributed by atoms with Gasteiger partial charge in [0, 0.05) is 23.6 Å². The van der Waals surface area contributed by atoms with Crippen molar-refractivity contribution in [1.29, 1.82) is 0 Å². The van der Waals surface area contributed by atoms with Crippen LogP contribution in [0.4, 0.5) is 4.79 Å². The maximum Gasteiger partial charge on any atom is 0.415 e. The van der Waals surface area contributed by atoms with Crippen molar-refractivity contribution in [3.8, 4) is 0 Å². The quantitative estimate of drug-likeness (QED) is 0.817. The van der Waals surface area contributed by atoms with E-state index in [4.69, 9.17) is 4.74 Å². The molecule has 1 aromatic carbocycles. The van der Waals surface area contributed by atoms with Crippen molar-refractivity contribution in [3.05, 3.63) is 41.5 Å². The molecule has 20 heavy (non-hydrogen) atoms. The number of carbonyl (C=O) groups excluding carboxylic acids is 1. The number of hydrogen-bond donors (Lipinski definition) is 0. The number of allylic oxidation sites excluding steroid dienone is 1. The van der Waals surface area contributed by atoms with Gasteiger partial charge in [0.25, 0.3) is 0 Å². The average Bonchev–Trinajstić information content (AvgIpc) is 2.66. The van der Waals surface area contributed by atoms with Crippen molar-refractivity contribution in [2.45, 2.75) is 52.6 Å². The number of benzene rings is 1. The van der Waals surface area contributed by atoms with E-state index < -0.39 is 0 Å². The monoisotopic (exact) mass is 273 g/mol. The molecular formula is C17H23NO2. The summed E-state index contributed by atoms with van der Waals surface area (Å²) < 4.78 is 5.64. The van der Waals surface area contributed by atoms with Crippen LogP contribution < -0.4 is 0 Å². The zero-order valence-corrected chi connectivity index (χ0v) is 12.9. The van der Waals surface area contributed by atoms with E-state index in [1.165, 1.54) is 5.56 Å². The molecule has 3 heteroatoms. The minimum Gasteiger partial charge on any atom is -0.410 e. The summed E-state index contributed by atoms with van der Waals surface area (Å²) in [5.41, 5.74) is 2.25. The SMILES string of the molecule is CC(C)N(C(=O)OC1=C[C@@H](C)c2ccccc21)C(C)C. The van der Waals surface area contributed by atoms with Crippen LogP contribution in [0.25, 0.3) is 5.76 Å². The summed E-state index contributed by atoms with van der Waals surface area (Å²) in [5, 5.41) is 0. The molecule has 0 saturated carbocycles. The number of hydrogen-bond acceptors (Lipinski definition) is 2.